The maximum atomic E-state index is 13.9. The fourth-order valence-electron chi connectivity index (χ4n) is 1.91. The highest BCUT2D eigenvalue weighted by Gasteiger charge is 2.13. The third kappa shape index (κ3) is 3.80. The Morgan fingerprint density at radius 1 is 1.05 bits per heavy atom. The minimum atomic E-state index is -0.472. The summed E-state index contributed by atoms with van der Waals surface area (Å²) in [7, 11) is 0. The van der Waals surface area contributed by atoms with Gasteiger partial charge in [-0.15, -0.1) is 11.6 Å². The van der Waals surface area contributed by atoms with E-state index < -0.39 is 5.82 Å². The molecule has 2 nitrogen and oxygen atoms in total. The van der Waals surface area contributed by atoms with Crippen LogP contribution in [0.5, 0.6) is 11.5 Å². The molecule has 0 aliphatic carbocycles. The summed E-state index contributed by atoms with van der Waals surface area (Å²) < 4.78 is 25.1. The first-order valence-corrected chi connectivity index (χ1v) is 7.45. The molecule has 21 heavy (non-hydrogen) atoms. The van der Waals surface area contributed by atoms with Crippen LogP contribution in [0.25, 0.3) is 0 Å². The van der Waals surface area contributed by atoms with Gasteiger partial charge in [0.05, 0.1) is 17.5 Å². The first kappa shape index (κ1) is 15.9. The Morgan fingerprint density at radius 3 is 2.48 bits per heavy atom. The van der Waals surface area contributed by atoms with E-state index in [0.717, 1.165) is 5.56 Å². The molecular weight excluding hydrogens is 314 g/mol. The molecule has 112 valence electrons. The third-order valence-corrected chi connectivity index (χ3v) is 3.49. The Kier molecular flexibility index (Phi) is 5.71. The van der Waals surface area contributed by atoms with Crippen molar-refractivity contribution in [1.29, 1.82) is 0 Å². The number of hydrogen-bond donors (Lipinski definition) is 0. The molecule has 0 saturated heterocycles. The summed E-state index contributed by atoms with van der Waals surface area (Å²) in [5.74, 6) is 0.946. The lowest BCUT2D eigenvalue weighted by Gasteiger charge is -2.15. The van der Waals surface area contributed by atoms with Crippen molar-refractivity contribution in [2.75, 3.05) is 6.61 Å². The average Bonchev–Trinajstić information content (AvgIpc) is 2.49. The number of para-hydroxylation sites is 1. The molecule has 0 heterocycles. The van der Waals surface area contributed by atoms with Crippen LogP contribution in [0.3, 0.4) is 0 Å². The van der Waals surface area contributed by atoms with E-state index in [4.69, 9.17) is 32.7 Å². The van der Waals surface area contributed by atoms with E-state index in [2.05, 4.69) is 0 Å². The van der Waals surface area contributed by atoms with Crippen LogP contribution < -0.4 is 9.47 Å². The van der Waals surface area contributed by atoms with Crippen molar-refractivity contribution < 1.29 is 13.9 Å². The molecule has 0 aromatic heterocycles. The summed E-state index contributed by atoms with van der Waals surface area (Å²) in [5, 5.41) is 0.0757. The second-order valence-electron chi connectivity index (χ2n) is 4.31. The molecule has 0 aliphatic rings. The van der Waals surface area contributed by atoms with Gasteiger partial charge < -0.3 is 9.47 Å². The van der Waals surface area contributed by atoms with Gasteiger partial charge in [0.2, 0.25) is 0 Å². The third-order valence-electron chi connectivity index (χ3n) is 2.91. The molecule has 2 aromatic rings. The van der Waals surface area contributed by atoms with Gasteiger partial charge >= 0.3 is 0 Å². The molecule has 2 aromatic carbocycles. The SMILES string of the molecule is CCOc1cccc(CCl)c1OCc1cccc(Cl)c1F. The largest absolute Gasteiger partial charge is 0.490 e. The maximum Gasteiger partial charge on any atom is 0.166 e. The zero-order valence-corrected chi connectivity index (χ0v) is 13.0. The quantitative estimate of drug-likeness (QED) is 0.679. The monoisotopic (exact) mass is 328 g/mol. The van der Waals surface area contributed by atoms with Crippen molar-refractivity contribution in [2.45, 2.75) is 19.4 Å². The van der Waals surface area contributed by atoms with Crippen LogP contribution in [0, 0.1) is 5.82 Å². The second-order valence-corrected chi connectivity index (χ2v) is 4.99. The Labute approximate surface area is 133 Å². The molecule has 5 heteroatoms. The van der Waals surface area contributed by atoms with Crippen LogP contribution in [0.4, 0.5) is 4.39 Å². The first-order chi connectivity index (χ1) is 10.2. The van der Waals surface area contributed by atoms with E-state index in [0.29, 0.717) is 23.7 Å². The van der Waals surface area contributed by atoms with Gasteiger partial charge in [-0.1, -0.05) is 35.9 Å². The number of benzene rings is 2. The van der Waals surface area contributed by atoms with Gasteiger partial charge in [0.15, 0.2) is 11.5 Å². The summed E-state index contributed by atoms with van der Waals surface area (Å²) in [4.78, 5) is 0. The van der Waals surface area contributed by atoms with Crippen LogP contribution in [0.2, 0.25) is 5.02 Å². The van der Waals surface area contributed by atoms with Crippen LogP contribution >= 0.6 is 23.2 Å². The molecule has 0 atom stereocenters. The number of ether oxygens (including phenoxy) is 2. The summed E-state index contributed by atoms with van der Waals surface area (Å²) in [6, 6.07) is 10.3. The van der Waals surface area contributed by atoms with Crippen molar-refractivity contribution in [3.63, 3.8) is 0 Å². The van der Waals surface area contributed by atoms with E-state index in [1.165, 1.54) is 6.07 Å². The average molecular weight is 329 g/mol. The van der Waals surface area contributed by atoms with Gasteiger partial charge in [0.25, 0.3) is 0 Å². The van der Waals surface area contributed by atoms with Crippen LogP contribution in [-0.2, 0) is 12.5 Å². The molecule has 2 rings (SSSR count). The lowest BCUT2D eigenvalue weighted by Crippen LogP contribution is -2.03. The van der Waals surface area contributed by atoms with E-state index in [-0.39, 0.29) is 17.5 Å². The smallest absolute Gasteiger partial charge is 0.166 e. The maximum absolute atomic E-state index is 13.9. The minimum absolute atomic E-state index is 0.0559. The van der Waals surface area contributed by atoms with Gasteiger partial charge in [0, 0.05) is 11.1 Å². The molecule has 0 amide bonds. The van der Waals surface area contributed by atoms with Crippen molar-refractivity contribution in [1.82, 2.24) is 0 Å². The Balaban J connectivity index is 2.24. The molecule has 0 aliphatic heterocycles. The van der Waals surface area contributed by atoms with Crippen molar-refractivity contribution in [3.8, 4) is 11.5 Å². The molecular formula is C16H15Cl2FO2. The predicted octanol–water partition coefficient (Wildman–Crippen LogP) is 5.20. The highest BCUT2D eigenvalue weighted by Crippen LogP contribution is 2.33. The summed E-state index contributed by atoms with van der Waals surface area (Å²) in [6.07, 6.45) is 0. The van der Waals surface area contributed by atoms with Crippen molar-refractivity contribution >= 4 is 23.2 Å². The lowest BCUT2D eigenvalue weighted by atomic mass is 10.2. The first-order valence-electron chi connectivity index (χ1n) is 6.53. The highest BCUT2D eigenvalue weighted by molar-refractivity contribution is 6.30. The molecule has 0 N–H and O–H groups in total. The number of halogens is 3. The van der Waals surface area contributed by atoms with Gasteiger partial charge in [0.1, 0.15) is 12.4 Å². The molecule has 0 unspecified atom stereocenters. The van der Waals surface area contributed by atoms with E-state index in [1.54, 1.807) is 18.2 Å². The zero-order chi connectivity index (χ0) is 15.2. The fraction of sp³-hybridized carbons (Fsp3) is 0.250. The van der Waals surface area contributed by atoms with Crippen molar-refractivity contribution in [3.05, 3.63) is 58.4 Å². The van der Waals surface area contributed by atoms with Crippen molar-refractivity contribution in [2.24, 2.45) is 0 Å². The molecule has 0 fully saturated rings. The summed E-state index contributed by atoms with van der Waals surface area (Å²) >= 11 is 11.7. The van der Waals surface area contributed by atoms with Crippen LogP contribution in [0.1, 0.15) is 18.1 Å². The number of rotatable bonds is 6. The fourth-order valence-corrected chi connectivity index (χ4v) is 2.31. The summed E-state index contributed by atoms with van der Waals surface area (Å²) in [5.41, 5.74) is 1.18. The van der Waals surface area contributed by atoms with Gasteiger partial charge in [-0.2, -0.15) is 0 Å². The molecule has 0 radical (unpaired) electrons. The zero-order valence-electron chi connectivity index (χ0n) is 11.5. The Hall–Kier alpha value is -1.45. The van der Waals surface area contributed by atoms with Crippen LogP contribution in [-0.4, -0.2) is 6.61 Å². The lowest BCUT2D eigenvalue weighted by molar-refractivity contribution is 0.264. The Morgan fingerprint density at radius 2 is 1.76 bits per heavy atom. The minimum Gasteiger partial charge on any atom is -0.490 e. The molecule has 0 bridgehead atoms. The number of alkyl halides is 1. The Bertz CT molecular complexity index is 617. The normalized spacial score (nSPS) is 10.5. The van der Waals surface area contributed by atoms with E-state index in [9.17, 15) is 4.39 Å². The van der Waals surface area contributed by atoms with Gasteiger partial charge in [-0.25, -0.2) is 4.39 Å². The standard InChI is InChI=1S/C16H15Cl2FO2/c1-2-20-14-8-4-5-11(9-17)16(14)21-10-12-6-3-7-13(18)15(12)19/h3-8H,2,9-10H2,1H3. The van der Waals surface area contributed by atoms with E-state index in [1.807, 2.05) is 19.1 Å². The molecule has 0 spiro atoms. The van der Waals surface area contributed by atoms with E-state index >= 15 is 0 Å². The predicted molar refractivity (Wildman–Crippen MR) is 82.9 cm³/mol. The summed E-state index contributed by atoms with van der Waals surface area (Å²) in [6.45, 7) is 2.45. The topological polar surface area (TPSA) is 18.5 Å². The second kappa shape index (κ2) is 7.53. The number of hydrogen-bond acceptors (Lipinski definition) is 2. The van der Waals surface area contributed by atoms with Crippen LogP contribution in [0.15, 0.2) is 36.4 Å². The van der Waals surface area contributed by atoms with Gasteiger partial charge in [-0.3, -0.25) is 0 Å². The highest BCUT2D eigenvalue weighted by atomic mass is 35.5. The van der Waals surface area contributed by atoms with Gasteiger partial charge in [-0.05, 0) is 19.1 Å². The molecule has 0 saturated carbocycles.